The first kappa shape index (κ1) is 49.2. The summed E-state index contributed by atoms with van der Waals surface area (Å²) in [5.41, 5.74) is -0.847. The normalized spacial score (nSPS) is 18.8. The van der Waals surface area contributed by atoms with Gasteiger partial charge in [0.15, 0.2) is 15.6 Å². The molecule has 0 amide bonds. The summed E-state index contributed by atoms with van der Waals surface area (Å²) in [5, 5.41) is 9.13. The van der Waals surface area contributed by atoms with Crippen LogP contribution in [0.2, 0.25) is 0 Å². The lowest BCUT2D eigenvalue weighted by Crippen LogP contribution is -2.24. The molecule has 0 atom stereocenters. The maximum Gasteiger partial charge on any atom is 0.311 e. The molecule has 0 spiro atoms. The molecular weight excluding hydrogens is 717 g/mol. The standard InChI is InChI=1S/C23H40O5S.C21H36O4.CH4/c1-28-21(25)23(17-18-23)14-12-10-8-6-4-3-5-7-9-11-13-22(15-16-22)20(24)19-29(2,26)27;1-25-19(24)21(16-17-21)13-11-9-7-5-3-2-4-6-8-10-12-20(14-15-20)18(22)23;/h3-19H2,1-2H3;2-17H2,1H3,(H,22,23);1H4. The molecule has 4 aliphatic carbocycles. The van der Waals surface area contributed by atoms with Crippen LogP contribution < -0.4 is 0 Å². The highest BCUT2D eigenvalue weighted by Gasteiger charge is 2.51. The van der Waals surface area contributed by atoms with Gasteiger partial charge in [-0.25, -0.2) is 8.42 Å². The van der Waals surface area contributed by atoms with Gasteiger partial charge in [-0.05, 0) is 77.0 Å². The van der Waals surface area contributed by atoms with Crippen LogP contribution in [0.1, 0.15) is 213 Å². The van der Waals surface area contributed by atoms with Gasteiger partial charge in [-0.2, -0.15) is 0 Å². The molecule has 0 saturated heterocycles. The van der Waals surface area contributed by atoms with Crippen molar-refractivity contribution in [1.82, 2.24) is 0 Å². The van der Waals surface area contributed by atoms with Crippen LogP contribution in [-0.2, 0) is 38.5 Å². The van der Waals surface area contributed by atoms with E-state index in [1.165, 1.54) is 111 Å². The predicted octanol–water partition coefficient (Wildman–Crippen LogP) is 11.1. The number of hydrogen-bond acceptors (Lipinski definition) is 8. The van der Waals surface area contributed by atoms with Crippen molar-refractivity contribution in [2.45, 2.75) is 213 Å². The van der Waals surface area contributed by atoms with Gasteiger partial charge < -0.3 is 14.6 Å². The minimum atomic E-state index is -3.20. The van der Waals surface area contributed by atoms with Crippen LogP contribution in [0.15, 0.2) is 0 Å². The highest BCUT2D eigenvalue weighted by Crippen LogP contribution is 2.53. The Morgan fingerprint density at radius 1 is 0.455 bits per heavy atom. The molecule has 0 unspecified atom stereocenters. The smallest absolute Gasteiger partial charge is 0.311 e. The van der Waals surface area contributed by atoms with E-state index >= 15 is 0 Å². The van der Waals surface area contributed by atoms with Crippen LogP contribution in [0, 0.1) is 21.7 Å². The predicted molar refractivity (Wildman–Crippen MR) is 221 cm³/mol. The topological polar surface area (TPSA) is 141 Å². The third-order valence-electron chi connectivity index (χ3n) is 13.2. The lowest BCUT2D eigenvalue weighted by atomic mass is 9.94. The summed E-state index contributed by atoms with van der Waals surface area (Å²) >= 11 is 0. The van der Waals surface area contributed by atoms with Crippen molar-refractivity contribution in [2.24, 2.45) is 21.7 Å². The molecule has 0 radical (unpaired) electrons. The monoisotopic (exact) mass is 797 g/mol. The highest BCUT2D eigenvalue weighted by molar-refractivity contribution is 7.91. The van der Waals surface area contributed by atoms with Gasteiger partial charge in [0.25, 0.3) is 0 Å². The number of hydrogen-bond donors (Lipinski definition) is 1. The van der Waals surface area contributed by atoms with Crippen molar-refractivity contribution in [2.75, 3.05) is 26.2 Å². The van der Waals surface area contributed by atoms with Crippen molar-refractivity contribution in [3.8, 4) is 0 Å². The first-order valence-electron chi connectivity index (χ1n) is 21.9. The van der Waals surface area contributed by atoms with E-state index in [0.717, 1.165) is 115 Å². The summed E-state index contributed by atoms with van der Waals surface area (Å²) in [4.78, 5) is 46.6. The molecule has 1 N–H and O–H groups in total. The van der Waals surface area contributed by atoms with Gasteiger partial charge in [0, 0.05) is 11.7 Å². The average molecular weight is 797 g/mol. The Balaban J connectivity index is 0.000000377. The van der Waals surface area contributed by atoms with Crippen LogP contribution in [0.25, 0.3) is 0 Å². The molecule has 9 nitrogen and oxygen atoms in total. The second-order valence-corrected chi connectivity index (χ2v) is 20.1. The molecule has 0 aliphatic heterocycles. The molecule has 10 heteroatoms. The van der Waals surface area contributed by atoms with Crippen LogP contribution in [-0.4, -0.2) is 63.4 Å². The summed E-state index contributed by atoms with van der Waals surface area (Å²) in [7, 11) is -0.211. The molecule has 4 rings (SSSR count). The van der Waals surface area contributed by atoms with E-state index in [0.29, 0.717) is 0 Å². The molecule has 0 bridgehead atoms. The lowest BCUT2D eigenvalue weighted by Gasteiger charge is -2.13. The molecule has 4 saturated carbocycles. The van der Waals surface area contributed by atoms with Gasteiger partial charge in [-0.1, -0.05) is 136 Å². The van der Waals surface area contributed by atoms with Gasteiger partial charge >= 0.3 is 17.9 Å². The lowest BCUT2D eigenvalue weighted by molar-refractivity contribution is -0.148. The molecule has 4 fully saturated rings. The molecule has 320 valence electrons. The van der Waals surface area contributed by atoms with Crippen molar-refractivity contribution in [3.05, 3.63) is 0 Å². The largest absolute Gasteiger partial charge is 0.481 e. The minimum Gasteiger partial charge on any atom is -0.481 e. The number of ketones is 1. The molecule has 0 aromatic carbocycles. The highest BCUT2D eigenvalue weighted by atomic mass is 32.2. The maximum atomic E-state index is 12.2. The van der Waals surface area contributed by atoms with Gasteiger partial charge in [-0.15, -0.1) is 0 Å². The minimum absolute atomic E-state index is 0. The summed E-state index contributed by atoms with van der Waals surface area (Å²) in [5.74, 6) is -0.921. The Morgan fingerprint density at radius 3 is 0.909 bits per heavy atom. The number of esters is 2. The van der Waals surface area contributed by atoms with E-state index in [1.54, 1.807) is 0 Å². The number of rotatable bonds is 32. The van der Waals surface area contributed by atoms with E-state index in [-0.39, 0.29) is 52.6 Å². The van der Waals surface area contributed by atoms with Crippen molar-refractivity contribution >= 4 is 33.5 Å². The summed E-state index contributed by atoms with van der Waals surface area (Å²) in [6.07, 6.45) is 36.9. The zero-order valence-electron chi connectivity index (χ0n) is 34.5. The Hall–Kier alpha value is -1.97. The molecule has 0 aromatic heterocycles. The Morgan fingerprint density at radius 2 is 0.691 bits per heavy atom. The van der Waals surface area contributed by atoms with Gasteiger partial charge in [0.05, 0.1) is 30.5 Å². The summed E-state index contributed by atoms with van der Waals surface area (Å²) < 4.78 is 32.4. The number of carbonyl (C=O) groups is 4. The van der Waals surface area contributed by atoms with Crippen molar-refractivity contribution in [1.29, 1.82) is 0 Å². The van der Waals surface area contributed by atoms with E-state index in [2.05, 4.69) is 0 Å². The number of carboxylic acid groups (broad SMARTS) is 1. The van der Waals surface area contributed by atoms with E-state index in [1.807, 2.05) is 0 Å². The van der Waals surface area contributed by atoms with Gasteiger partial charge in [0.1, 0.15) is 5.75 Å². The van der Waals surface area contributed by atoms with Crippen LogP contribution in [0.3, 0.4) is 0 Å². The second kappa shape index (κ2) is 24.1. The average Bonchev–Trinajstić information content (AvgIpc) is 3.93. The van der Waals surface area contributed by atoms with Gasteiger partial charge in [0.2, 0.25) is 0 Å². The van der Waals surface area contributed by atoms with Crippen LogP contribution >= 0.6 is 0 Å². The van der Waals surface area contributed by atoms with Crippen molar-refractivity contribution in [3.63, 3.8) is 0 Å². The van der Waals surface area contributed by atoms with Crippen LogP contribution in [0.5, 0.6) is 0 Å². The zero-order chi connectivity index (χ0) is 39.6. The third kappa shape index (κ3) is 18.0. The number of methoxy groups -OCH3 is 2. The molecule has 4 aliphatic rings. The maximum absolute atomic E-state index is 12.2. The molecule has 55 heavy (non-hydrogen) atoms. The van der Waals surface area contributed by atoms with Gasteiger partial charge in [-0.3, -0.25) is 19.2 Å². The first-order valence-corrected chi connectivity index (χ1v) is 24.0. The Labute approximate surface area is 335 Å². The summed E-state index contributed by atoms with van der Waals surface area (Å²) in [6, 6.07) is 0. The molecular formula is C45H80O9S. The Kier molecular flexibility index (Phi) is 21.5. The number of Topliss-reactive ketones (excluding diaryl/α,β-unsaturated/α-hetero) is 1. The van der Waals surface area contributed by atoms with Crippen molar-refractivity contribution < 1.29 is 42.2 Å². The molecule has 0 aromatic rings. The quantitative estimate of drug-likeness (QED) is 0.0520. The van der Waals surface area contributed by atoms with Crippen LogP contribution in [0.4, 0.5) is 0 Å². The fraction of sp³-hybridized carbons (Fsp3) is 0.911. The number of sulfone groups is 1. The number of ether oxygens (including phenoxy) is 2. The molecule has 0 heterocycles. The number of aliphatic carboxylic acids is 1. The first-order chi connectivity index (χ1) is 25.8. The number of carbonyl (C=O) groups excluding carboxylic acids is 3. The number of unbranched alkanes of at least 4 members (excludes halogenated alkanes) is 18. The van der Waals surface area contributed by atoms with E-state index in [4.69, 9.17) is 14.6 Å². The SMILES string of the molecule is C.COC(=O)C1(CCCCCCCCCCCCC2(C(=O)CS(C)(=O)=O)CC2)CC1.COC(=O)C1(CCCCCCCCCCCCC2(C(=O)O)CC2)CC1. The Bertz CT molecular complexity index is 1270. The van der Waals surface area contributed by atoms with E-state index < -0.39 is 15.8 Å². The zero-order valence-corrected chi connectivity index (χ0v) is 35.3. The fourth-order valence-electron chi connectivity index (χ4n) is 8.46. The third-order valence-corrected chi connectivity index (χ3v) is 14.0. The van der Waals surface area contributed by atoms with E-state index in [9.17, 15) is 27.6 Å². The second-order valence-electron chi connectivity index (χ2n) is 18.0. The fourth-order valence-corrected chi connectivity index (χ4v) is 9.24. The summed E-state index contributed by atoms with van der Waals surface area (Å²) in [6.45, 7) is 0. The number of carboxylic acids is 1.